The summed E-state index contributed by atoms with van der Waals surface area (Å²) in [5.74, 6) is -0.378. The summed E-state index contributed by atoms with van der Waals surface area (Å²) in [4.78, 5) is 29.5. The van der Waals surface area contributed by atoms with E-state index in [0.29, 0.717) is 35.6 Å². The topological polar surface area (TPSA) is 95.7 Å². The van der Waals surface area contributed by atoms with Gasteiger partial charge in [0.25, 0.3) is 0 Å². The molecule has 1 aliphatic heterocycles. The molecule has 1 aromatic carbocycles. The number of nitrogens with zero attached hydrogens (tertiary/aromatic N) is 2. The average Bonchev–Trinajstić information content (AvgIpc) is 3.02. The summed E-state index contributed by atoms with van der Waals surface area (Å²) in [6, 6.07) is 3.19. The Hall–Kier alpha value is -2.09. The van der Waals surface area contributed by atoms with Crippen LogP contribution in [-0.2, 0) is 4.79 Å². The number of oxazole rings is 1. The van der Waals surface area contributed by atoms with Crippen LogP contribution in [0.25, 0.3) is 11.1 Å². The molecule has 2 amide bonds. The van der Waals surface area contributed by atoms with Gasteiger partial charge < -0.3 is 19.7 Å². The van der Waals surface area contributed by atoms with Crippen LogP contribution in [0.4, 0.5) is 10.5 Å². The Bertz CT molecular complexity index is 803. The molecule has 0 radical (unpaired) electrons. The molecule has 122 valence electrons. The van der Waals surface area contributed by atoms with E-state index in [9.17, 15) is 14.7 Å². The smallest absolute Gasteiger partial charge is 0.321 e. The van der Waals surface area contributed by atoms with Crippen molar-refractivity contribution in [2.24, 2.45) is 5.41 Å². The lowest BCUT2D eigenvalue weighted by Crippen LogP contribution is -2.37. The average molecular weight is 382 g/mol. The summed E-state index contributed by atoms with van der Waals surface area (Å²) in [7, 11) is 0. The number of rotatable bonds is 2. The summed E-state index contributed by atoms with van der Waals surface area (Å²) < 4.78 is 6.31. The lowest BCUT2D eigenvalue weighted by Gasteiger charge is -2.20. The van der Waals surface area contributed by atoms with E-state index >= 15 is 0 Å². The molecule has 1 aliphatic rings. The van der Waals surface area contributed by atoms with Crippen LogP contribution in [0, 0.1) is 12.3 Å². The molecule has 0 aliphatic carbocycles. The summed E-state index contributed by atoms with van der Waals surface area (Å²) in [6.07, 6.45) is 0.436. The second kappa shape index (κ2) is 5.52. The predicted octanol–water partition coefficient (Wildman–Crippen LogP) is 3.23. The normalized spacial score (nSPS) is 20.9. The van der Waals surface area contributed by atoms with Gasteiger partial charge in [0, 0.05) is 24.5 Å². The first-order chi connectivity index (χ1) is 10.8. The molecule has 0 spiro atoms. The number of anilines is 1. The van der Waals surface area contributed by atoms with Gasteiger partial charge in [-0.1, -0.05) is 15.9 Å². The zero-order valence-electron chi connectivity index (χ0n) is 12.7. The largest absolute Gasteiger partial charge is 0.481 e. The Labute approximate surface area is 140 Å². The number of carbonyl (C=O) groups is 2. The van der Waals surface area contributed by atoms with Crippen molar-refractivity contribution in [3.05, 3.63) is 22.5 Å². The van der Waals surface area contributed by atoms with Crippen molar-refractivity contribution in [3.8, 4) is 0 Å². The first-order valence-corrected chi connectivity index (χ1v) is 7.94. The number of carbonyl (C=O) groups excluding carboxylic acids is 1. The summed E-state index contributed by atoms with van der Waals surface area (Å²) in [6.45, 7) is 3.97. The third-order valence-corrected chi connectivity index (χ3v) is 4.54. The van der Waals surface area contributed by atoms with Crippen molar-refractivity contribution >= 4 is 44.7 Å². The molecule has 0 bridgehead atoms. The number of urea groups is 1. The van der Waals surface area contributed by atoms with E-state index in [1.807, 2.05) is 0 Å². The number of amides is 2. The van der Waals surface area contributed by atoms with Crippen LogP contribution < -0.4 is 5.32 Å². The molecule has 1 fully saturated rings. The molecule has 2 aromatic rings. The number of halogens is 1. The number of aliphatic carboxylic acids is 1. The molecule has 0 saturated carbocycles. The number of aryl methyl sites for hydroxylation is 1. The third-order valence-electron chi connectivity index (χ3n) is 4.08. The maximum Gasteiger partial charge on any atom is 0.321 e. The van der Waals surface area contributed by atoms with E-state index in [1.165, 1.54) is 4.90 Å². The van der Waals surface area contributed by atoms with Gasteiger partial charge in [0.15, 0.2) is 11.5 Å². The highest BCUT2D eigenvalue weighted by Gasteiger charge is 2.42. The summed E-state index contributed by atoms with van der Waals surface area (Å²) in [5.41, 5.74) is 0.749. The van der Waals surface area contributed by atoms with Crippen molar-refractivity contribution in [1.82, 2.24) is 9.88 Å². The molecule has 7 nitrogen and oxygen atoms in total. The van der Waals surface area contributed by atoms with E-state index in [1.54, 1.807) is 26.0 Å². The highest BCUT2D eigenvalue weighted by Crippen LogP contribution is 2.32. The molecule has 1 unspecified atom stereocenters. The minimum atomic E-state index is -0.896. The molecule has 2 N–H and O–H groups in total. The fourth-order valence-electron chi connectivity index (χ4n) is 2.71. The number of aromatic nitrogens is 1. The minimum absolute atomic E-state index is 0.181. The van der Waals surface area contributed by atoms with E-state index in [2.05, 4.69) is 26.2 Å². The highest BCUT2D eigenvalue weighted by atomic mass is 79.9. The minimum Gasteiger partial charge on any atom is -0.481 e. The lowest BCUT2D eigenvalue weighted by molar-refractivity contribution is -0.146. The molecule has 1 saturated heterocycles. The first-order valence-electron chi connectivity index (χ1n) is 7.14. The number of carboxylic acids is 1. The summed E-state index contributed by atoms with van der Waals surface area (Å²) >= 11 is 3.38. The molecule has 8 heteroatoms. The van der Waals surface area contributed by atoms with E-state index in [0.717, 1.165) is 4.47 Å². The lowest BCUT2D eigenvalue weighted by atomic mass is 9.90. The van der Waals surface area contributed by atoms with Gasteiger partial charge in [0.05, 0.1) is 11.1 Å². The zero-order valence-corrected chi connectivity index (χ0v) is 14.3. The van der Waals surface area contributed by atoms with Gasteiger partial charge in [-0.3, -0.25) is 4.79 Å². The van der Waals surface area contributed by atoms with Gasteiger partial charge in [0.2, 0.25) is 0 Å². The van der Waals surface area contributed by atoms with Crippen molar-refractivity contribution in [1.29, 1.82) is 0 Å². The number of hydrogen-bond donors (Lipinski definition) is 2. The van der Waals surface area contributed by atoms with Crippen LogP contribution in [0.1, 0.15) is 19.2 Å². The second-order valence-corrected chi connectivity index (χ2v) is 6.92. The Morgan fingerprint density at radius 3 is 2.87 bits per heavy atom. The van der Waals surface area contributed by atoms with Crippen molar-refractivity contribution < 1.29 is 19.1 Å². The van der Waals surface area contributed by atoms with Gasteiger partial charge in [-0.15, -0.1) is 0 Å². The van der Waals surface area contributed by atoms with Crippen molar-refractivity contribution in [2.45, 2.75) is 20.3 Å². The number of benzene rings is 1. The zero-order chi connectivity index (χ0) is 16.8. The predicted molar refractivity (Wildman–Crippen MR) is 87.4 cm³/mol. The molecule has 2 heterocycles. The third kappa shape index (κ3) is 2.90. The van der Waals surface area contributed by atoms with E-state index < -0.39 is 11.4 Å². The number of carboxylic acid groups (broad SMARTS) is 1. The maximum absolute atomic E-state index is 12.4. The van der Waals surface area contributed by atoms with Crippen LogP contribution >= 0.6 is 15.9 Å². The van der Waals surface area contributed by atoms with Crippen LogP contribution in [0.3, 0.4) is 0 Å². The van der Waals surface area contributed by atoms with E-state index in [4.69, 9.17) is 4.42 Å². The van der Waals surface area contributed by atoms with Crippen molar-refractivity contribution in [2.75, 3.05) is 18.4 Å². The Balaban J connectivity index is 1.83. The van der Waals surface area contributed by atoms with E-state index in [-0.39, 0.29) is 12.6 Å². The van der Waals surface area contributed by atoms with Crippen LogP contribution in [0.5, 0.6) is 0 Å². The SMILES string of the molecule is Cc1nc2cc(Br)cc(NC(=O)N3CCC(C)(C(=O)O)C3)c2o1. The number of hydrogen-bond acceptors (Lipinski definition) is 4. The Morgan fingerprint density at radius 1 is 1.48 bits per heavy atom. The molecule has 3 rings (SSSR count). The Morgan fingerprint density at radius 2 is 2.22 bits per heavy atom. The molecular weight excluding hydrogens is 366 g/mol. The Kier molecular flexibility index (Phi) is 3.79. The van der Waals surface area contributed by atoms with Gasteiger partial charge in [-0.05, 0) is 25.5 Å². The van der Waals surface area contributed by atoms with Crippen LogP contribution in [0.2, 0.25) is 0 Å². The summed E-state index contributed by atoms with van der Waals surface area (Å²) in [5, 5.41) is 12.0. The first kappa shape index (κ1) is 15.8. The fraction of sp³-hybridized carbons (Fsp3) is 0.400. The standard InChI is InChI=1S/C15H16BrN3O4/c1-8-17-10-5-9(16)6-11(12(10)23-8)18-14(22)19-4-3-15(2,7-19)13(20)21/h5-6H,3-4,7H2,1-2H3,(H,18,22)(H,20,21). The van der Waals surface area contributed by atoms with Gasteiger partial charge in [-0.2, -0.15) is 0 Å². The van der Waals surface area contributed by atoms with Crippen LogP contribution in [-0.4, -0.2) is 40.1 Å². The second-order valence-electron chi connectivity index (χ2n) is 6.00. The molecular formula is C15H16BrN3O4. The highest BCUT2D eigenvalue weighted by molar-refractivity contribution is 9.10. The monoisotopic (exact) mass is 381 g/mol. The quantitative estimate of drug-likeness (QED) is 0.832. The number of nitrogens with one attached hydrogen (secondary N) is 1. The van der Waals surface area contributed by atoms with Crippen molar-refractivity contribution in [3.63, 3.8) is 0 Å². The molecule has 1 aromatic heterocycles. The maximum atomic E-state index is 12.4. The molecule has 23 heavy (non-hydrogen) atoms. The van der Waals surface area contributed by atoms with Gasteiger partial charge in [0.1, 0.15) is 5.52 Å². The fourth-order valence-corrected chi connectivity index (χ4v) is 3.15. The van der Waals surface area contributed by atoms with Gasteiger partial charge in [-0.25, -0.2) is 9.78 Å². The number of likely N-dealkylation sites (tertiary alicyclic amines) is 1. The van der Waals surface area contributed by atoms with Crippen LogP contribution in [0.15, 0.2) is 21.0 Å². The molecule has 1 atom stereocenters. The van der Waals surface area contributed by atoms with Gasteiger partial charge >= 0.3 is 12.0 Å². The number of fused-ring (bicyclic) bond motifs is 1.